The normalized spacial score (nSPS) is 24.2. The van der Waals surface area contributed by atoms with Crippen LogP contribution in [0.5, 0.6) is 0 Å². The summed E-state index contributed by atoms with van der Waals surface area (Å²) in [5.74, 6) is -0.265. The lowest BCUT2D eigenvalue weighted by molar-refractivity contribution is -0.152. The molecule has 0 aromatic carbocycles. The Hall–Kier alpha value is -1.32. The topological polar surface area (TPSA) is 55.4 Å². The molecule has 1 rings (SSSR count). The molecule has 1 amide bonds. The highest BCUT2D eigenvalue weighted by Crippen LogP contribution is 2.17. The quantitative estimate of drug-likeness (QED) is 0.387. The molecule has 1 aliphatic heterocycles. The van der Waals surface area contributed by atoms with Crippen molar-refractivity contribution >= 4 is 11.9 Å². The highest BCUT2D eigenvalue weighted by atomic mass is 16.6. The number of ether oxygens (including phenoxy) is 1. The number of carbonyl (C=O) groups is 2. The fraction of sp³-hybridized carbons (Fsp3) is 0.556. The maximum absolute atomic E-state index is 11.0. The predicted molar refractivity (Wildman–Crippen MR) is 46.6 cm³/mol. The van der Waals surface area contributed by atoms with Gasteiger partial charge in [0, 0.05) is 6.92 Å². The summed E-state index contributed by atoms with van der Waals surface area (Å²) in [7, 11) is 0. The number of rotatable bonds is 2. The van der Waals surface area contributed by atoms with E-state index in [-0.39, 0.29) is 17.8 Å². The molecule has 4 nitrogen and oxygen atoms in total. The number of hydrogen-bond acceptors (Lipinski definition) is 3. The van der Waals surface area contributed by atoms with E-state index in [4.69, 9.17) is 4.74 Å². The van der Waals surface area contributed by atoms with Crippen LogP contribution in [0.4, 0.5) is 0 Å². The minimum atomic E-state index is -0.535. The van der Waals surface area contributed by atoms with Crippen LogP contribution in [0.25, 0.3) is 0 Å². The Morgan fingerprint density at radius 2 is 2.23 bits per heavy atom. The van der Waals surface area contributed by atoms with E-state index < -0.39 is 6.23 Å². The van der Waals surface area contributed by atoms with Gasteiger partial charge in [-0.1, -0.05) is 19.9 Å². The molecule has 0 bridgehead atoms. The Balaban J connectivity index is 2.61. The number of nitrogens with one attached hydrogen (secondary N) is 1. The first kappa shape index (κ1) is 9.77. The van der Waals surface area contributed by atoms with Gasteiger partial charge in [-0.05, 0) is 5.92 Å². The van der Waals surface area contributed by atoms with Gasteiger partial charge in [0.1, 0.15) is 0 Å². The fourth-order valence-corrected chi connectivity index (χ4v) is 1.10. The molecular weight excluding hydrogens is 170 g/mol. The molecule has 0 saturated carbocycles. The second-order valence-electron chi connectivity index (χ2n) is 3.33. The molecule has 1 atom stereocenters. The summed E-state index contributed by atoms with van der Waals surface area (Å²) in [5.41, 5.74) is 0.546. The van der Waals surface area contributed by atoms with Gasteiger partial charge in [-0.2, -0.15) is 0 Å². The number of carbonyl (C=O) groups excluding carboxylic acids is 2. The molecule has 0 spiro atoms. The maximum Gasteiger partial charge on any atom is 0.304 e. The van der Waals surface area contributed by atoms with E-state index in [0.717, 1.165) is 0 Å². The van der Waals surface area contributed by atoms with E-state index in [2.05, 4.69) is 5.32 Å². The Bertz CT molecular complexity index is 268. The lowest BCUT2D eigenvalue weighted by Gasteiger charge is -2.29. The Morgan fingerprint density at radius 1 is 1.62 bits per heavy atom. The van der Waals surface area contributed by atoms with Crippen LogP contribution in [0.15, 0.2) is 11.6 Å². The number of hydrogen-bond donors (Lipinski definition) is 1. The first-order chi connectivity index (χ1) is 6.00. The van der Waals surface area contributed by atoms with E-state index in [1.165, 1.54) is 6.92 Å². The van der Waals surface area contributed by atoms with E-state index in [1.54, 1.807) is 6.08 Å². The van der Waals surface area contributed by atoms with Crippen LogP contribution in [-0.4, -0.2) is 18.1 Å². The highest BCUT2D eigenvalue weighted by molar-refractivity contribution is 6.01. The molecule has 0 aromatic heterocycles. The molecule has 0 radical (unpaired) electrons. The van der Waals surface area contributed by atoms with Crippen molar-refractivity contribution < 1.29 is 14.3 Å². The minimum Gasteiger partial charge on any atom is -0.437 e. The van der Waals surface area contributed by atoms with Crippen molar-refractivity contribution in [3.63, 3.8) is 0 Å². The summed E-state index contributed by atoms with van der Waals surface area (Å²) in [6.45, 7) is 5.24. The monoisotopic (exact) mass is 183 g/mol. The molecule has 13 heavy (non-hydrogen) atoms. The molecular formula is C9H13NO3. The zero-order valence-corrected chi connectivity index (χ0v) is 7.96. The zero-order chi connectivity index (χ0) is 10.0. The molecule has 72 valence electrons. The summed E-state index contributed by atoms with van der Waals surface area (Å²) < 4.78 is 4.83. The van der Waals surface area contributed by atoms with E-state index in [1.807, 2.05) is 13.8 Å². The molecule has 0 aliphatic carbocycles. The summed E-state index contributed by atoms with van der Waals surface area (Å²) in [4.78, 5) is 21.6. The number of β-lactam (4-membered cyclic amide) rings is 1. The highest BCUT2D eigenvalue weighted by Gasteiger charge is 2.35. The van der Waals surface area contributed by atoms with Crippen molar-refractivity contribution in [3.8, 4) is 0 Å². The molecule has 1 heterocycles. The largest absolute Gasteiger partial charge is 0.437 e. The lowest BCUT2D eigenvalue weighted by atomic mass is 10.0. The average Bonchev–Trinajstić information content (AvgIpc) is 1.99. The second-order valence-corrected chi connectivity index (χ2v) is 3.33. The third kappa shape index (κ3) is 2.31. The Morgan fingerprint density at radius 3 is 2.62 bits per heavy atom. The van der Waals surface area contributed by atoms with Crippen LogP contribution >= 0.6 is 0 Å². The predicted octanol–water partition coefficient (Wildman–Crippen LogP) is 0.588. The summed E-state index contributed by atoms with van der Waals surface area (Å²) in [5, 5.41) is 2.48. The van der Waals surface area contributed by atoms with Gasteiger partial charge in [0.15, 0.2) is 0 Å². The van der Waals surface area contributed by atoms with Crippen LogP contribution in [0, 0.1) is 5.92 Å². The first-order valence-electron chi connectivity index (χ1n) is 4.20. The van der Waals surface area contributed by atoms with Crippen molar-refractivity contribution in [2.24, 2.45) is 5.92 Å². The number of esters is 1. The van der Waals surface area contributed by atoms with Crippen molar-refractivity contribution in [2.45, 2.75) is 27.0 Å². The van der Waals surface area contributed by atoms with Crippen molar-refractivity contribution in [3.05, 3.63) is 11.6 Å². The average molecular weight is 183 g/mol. The second kappa shape index (κ2) is 3.60. The van der Waals surface area contributed by atoms with E-state index in [9.17, 15) is 9.59 Å². The van der Waals surface area contributed by atoms with Gasteiger partial charge < -0.3 is 10.1 Å². The summed E-state index contributed by atoms with van der Waals surface area (Å²) in [6, 6.07) is 0. The molecule has 1 unspecified atom stereocenters. The third-order valence-electron chi connectivity index (χ3n) is 1.60. The van der Waals surface area contributed by atoms with Crippen molar-refractivity contribution in [2.75, 3.05) is 0 Å². The van der Waals surface area contributed by atoms with Gasteiger partial charge in [-0.3, -0.25) is 9.59 Å². The van der Waals surface area contributed by atoms with Gasteiger partial charge >= 0.3 is 5.97 Å². The first-order valence-corrected chi connectivity index (χ1v) is 4.20. The van der Waals surface area contributed by atoms with Crippen LogP contribution in [0.3, 0.4) is 0 Å². The minimum absolute atomic E-state index is 0.153. The number of allylic oxidation sites excluding steroid dienone is 1. The molecule has 1 aliphatic rings. The van der Waals surface area contributed by atoms with Gasteiger partial charge in [-0.15, -0.1) is 0 Å². The molecule has 1 saturated heterocycles. The number of amides is 1. The Labute approximate surface area is 76.9 Å². The molecule has 1 N–H and O–H groups in total. The molecule has 0 aromatic rings. The van der Waals surface area contributed by atoms with Gasteiger partial charge in [0.2, 0.25) is 6.23 Å². The standard InChI is InChI=1S/C9H13NO3/c1-5(2)4-7-8(12)10-9(7)13-6(3)11/h4-5,9H,1-3H3,(H,10,12)/b7-4+. The Kier molecular flexibility index (Phi) is 2.70. The van der Waals surface area contributed by atoms with Crippen molar-refractivity contribution in [1.82, 2.24) is 5.32 Å². The molecule has 4 heteroatoms. The summed E-state index contributed by atoms with van der Waals surface area (Å²) >= 11 is 0. The lowest BCUT2D eigenvalue weighted by Crippen LogP contribution is -2.53. The third-order valence-corrected chi connectivity index (χ3v) is 1.60. The van der Waals surface area contributed by atoms with Gasteiger partial charge in [0.25, 0.3) is 5.91 Å². The van der Waals surface area contributed by atoms with Crippen LogP contribution in [-0.2, 0) is 14.3 Å². The zero-order valence-electron chi connectivity index (χ0n) is 7.96. The van der Waals surface area contributed by atoms with Crippen LogP contribution in [0.1, 0.15) is 20.8 Å². The molecule has 1 fully saturated rings. The van der Waals surface area contributed by atoms with E-state index >= 15 is 0 Å². The summed E-state index contributed by atoms with van der Waals surface area (Å²) in [6.07, 6.45) is 1.26. The SMILES string of the molecule is CC(=O)OC1NC(=O)/C1=C\C(C)C. The van der Waals surface area contributed by atoms with Gasteiger partial charge in [0.05, 0.1) is 5.57 Å². The fourth-order valence-electron chi connectivity index (χ4n) is 1.10. The van der Waals surface area contributed by atoms with Crippen molar-refractivity contribution in [1.29, 1.82) is 0 Å². The van der Waals surface area contributed by atoms with Crippen LogP contribution in [0.2, 0.25) is 0 Å². The van der Waals surface area contributed by atoms with Gasteiger partial charge in [-0.25, -0.2) is 0 Å². The van der Waals surface area contributed by atoms with E-state index in [0.29, 0.717) is 5.57 Å². The van der Waals surface area contributed by atoms with Crippen LogP contribution < -0.4 is 5.32 Å². The maximum atomic E-state index is 11.0. The smallest absolute Gasteiger partial charge is 0.304 e.